The Labute approximate surface area is 144 Å². The summed E-state index contributed by atoms with van der Waals surface area (Å²) >= 11 is 1.65. The molecule has 1 atom stereocenters. The van der Waals surface area contributed by atoms with E-state index in [1.54, 1.807) is 23.5 Å². The molecule has 0 aliphatic carbocycles. The van der Waals surface area contributed by atoms with Crippen LogP contribution in [0.1, 0.15) is 22.0 Å². The van der Waals surface area contributed by atoms with Crippen LogP contribution in [0, 0.1) is 10.1 Å². The van der Waals surface area contributed by atoms with Crippen LogP contribution in [-0.4, -0.2) is 11.5 Å². The van der Waals surface area contributed by atoms with Gasteiger partial charge in [-0.3, -0.25) is 10.1 Å². The van der Waals surface area contributed by atoms with Gasteiger partial charge in [0.2, 0.25) is 0 Å². The molecule has 1 N–H and O–H groups in total. The lowest BCUT2D eigenvalue weighted by atomic mass is 10.0. The molecule has 0 saturated carbocycles. The first kappa shape index (κ1) is 16.4. The molecule has 1 unspecified atom stereocenters. The molecule has 1 aromatic heterocycles. The lowest BCUT2D eigenvalue weighted by Crippen LogP contribution is -2.24. The molecule has 2 aromatic carbocycles. The average molecular weight is 338 g/mol. The van der Waals surface area contributed by atoms with Crippen molar-refractivity contribution in [1.29, 1.82) is 0 Å². The maximum Gasteiger partial charge on any atom is 0.269 e. The fraction of sp³-hybridized carbons (Fsp3) is 0.158. The predicted octanol–water partition coefficient (Wildman–Crippen LogP) is 4.58. The van der Waals surface area contributed by atoms with Crippen LogP contribution in [0.15, 0.2) is 72.1 Å². The van der Waals surface area contributed by atoms with Gasteiger partial charge in [0.25, 0.3) is 5.69 Å². The number of thiophene rings is 1. The molecular weight excluding hydrogens is 320 g/mol. The molecular formula is C19H18N2O2S. The van der Waals surface area contributed by atoms with Crippen molar-refractivity contribution in [2.24, 2.45) is 0 Å². The minimum absolute atomic E-state index is 0.0337. The minimum Gasteiger partial charge on any atom is -0.305 e. The van der Waals surface area contributed by atoms with Gasteiger partial charge in [-0.2, -0.15) is 0 Å². The molecule has 0 bridgehead atoms. The minimum atomic E-state index is -0.348. The quantitative estimate of drug-likeness (QED) is 0.507. The first-order valence-electron chi connectivity index (χ1n) is 7.79. The second-order valence-electron chi connectivity index (χ2n) is 5.49. The van der Waals surface area contributed by atoms with E-state index in [1.165, 1.54) is 11.6 Å². The molecule has 5 heteroatoms. The first-order valence-corrected chi connectivity index (χ1v) is 8.67. The van der Waals surface area contributed by atoms with Crippen molar-refractivity contribution >= 4 is 17.0 Å². The number of rotatable bonds is 7. The van der Waals surface area contributed by atoms with E-state index < -0.39 is 0 Å². The van der Waals surface area contributed by atoms with Gasteiger partial charge in [-0.15, -0.1) is 11.3 Å². The molecule has 0 amide bonds. The Bertz CT molecular complexity index is 788. The summed E-state index contributed by atoms with van der Waals surface area (Å²) < 4.78 is 0. The van der Waals surface area contributed by atoms with Crippen LogP contribution in [0.4, 0.5) is 5.69 Å². The molecule has 0 radical (unpaired) electrons. The summed E-state index contributed by atoms with van der Waals surface area (Å²) in [4.78, 5) is 11.9. The zero-order chi connectivity index (χ0) is 16.8. The summed E-state index contributed by atoms with van der Waals surface area (Å²) in [6.07, 6.45) is 0.914. The van der Waals surface area contributed by atoms with Gasteiger partial charge in [0.1, 0.15) is 0 Å². The van der Waals surface area contributed by atoms with Gasteiger partial charge in [0, 0.05) is 23.6 Å². The van der Waals surface area contributed by atoms with Gasteiger partial charge in [0.15, 0.2) is 0 Å². The molecule has 1 heterocycles. The van der Waals surface area contributed by atoms with Crippen LogP contribution in [0.3, 0.4) is 0 Å². The van der Waals surface area contributed by atoms with Gasteiger partial charge in [-0.1, -0.05) is 48.5 Å². The molecule has 0 spiro atoms. The number of nitrogens with zero attached hydrogens (tertiary/aromatic N) is 1. The normalized spacial score (nSPS) is 12.0. The Balaban J connectivity index is 1.77. The number of benzene rings is 2. The number of non-ortho nitro benzene ring substituents is 1. The first-order chi connectivity index (χ1) is 11.7. The molecule has 0 aliphatic rings. The largest absolute Gasteiger partial charge is 0.305 e. The van der Waals surface area contributed by atoms with E-state index in [4.69, 9.17) is 0 Å². The van der Waals surface area contributed by atoms with Crippen molar-refractivity contribution in [3.63, 3.8) is 0 Å². The van der Waals surface area contributed by atoms with E-state index in [0.717, 1.165) is 23.4 Å². The van der Waals surface area contributed by atoms with Crippen molar-refractivity contribution in [1.82, 2.24) is 5.32 Å². The summed E-state index contributed by atoms with van der Waals surface area (Å²) in [6.45, 7) is 0.801. The summed E-state index contributed by atoms with van der Waals surface area (Å²) in [6, 6.07) is 21.2. The lowest BCUT2D eigenvalue weighted by Gasteiger charge is -2.18. The van der Waals surface area contributed by atoms with Gasteiger partial charge < -0.3 is 5.32 Å². The van der Waals surface area contributed by atoms with E-state index in [0.29, 0.717) is 0 Å². The van der Waals surface area contributed by atoms with Gasteiger partial charge in [-0.25, -0.2) is 0 Å². The van der Waals surface area contributed by atoms with Crippen molar-refractivity contribution in [2.75, 3.05) is 6.54 Å². The molecule has 122 valence electrons. The Morgan fingerprint density at radius 2 is 1.88 bits per heavy atom. The molecule has 0 aliphatic heterocycles. The Morgan fingerprint density at radius 1 is 1.04 bits per heavy atom. The number of nitro groups is 1. The highest BCUT2D eigenvalue weighted by molar-refractivity contribution is 7.10. The SMILES string of the molecule is O=[N+]([O-])c1cccc(C(NCCc2ccccc2)c2cccs2)c1. The van der Waals surface area contributed by atoms with Crippen LogP contribution in [0.2, 0.25) is 0 Å². The highest BCUT2D eigenvalue weighted by atomic mass is 32.1. The standard InChI is InChI=1S/C19H18N2O2S/c22-21(23)17-9-4-8-16(14-17)19(18-10-5-13-24-18)20-12-11-15-6-2-1-3-7-15/h1-10,13-14,19-20H,11-12H2. The molecule has 3 rings (SSSR count). The fourth-order valence-corrected chi connectivity index (χ4v) is 3.49. The molecule has 3 aromatic rings. The van der Waals surface area contributed by atoms with E-state index in [-0.39, 0.29) is 16.7 Å². The second-order valence-corrected chi connectivity index (χ2v) is 6.47. The van der Waals surface area contributed by atoms with E-state index >= 15 is 0 Å². The van der Waals surface area contributed by atoms with Gasteiger partial charge >= 0.3 is 0 Å². The number of hydrogen-bond donors (Lipinski definition) is 1. The Morgan fingerprint density at radius 3 is 2.58 bits per heavy atom. The van der Waals surface area contributed by atoms with Crippen molar-refractivity contribution in [2.45, 2.75) is 12.5 Å². The second kappa shape index (κ2) is 7.86. The molecule has 4 nitrogen and oxygen atoms in total. The van der Waals surface area contributed by atoms with Crippen LogP contribution in [0.25, 0.3) is 0 Å². The fourth-order valence-electron chi connectivity index (χ4n) is 2.66. The highest BCUT2D eigenvalue weighted by Crippen LogP contribution is 2.28. The smallest absolute Gasteiger partial charge is 0.269 e. The molecule has 0 saturated heterocycles. The maximum absolute atomic E-state index is 11.0. The van der Waals surface area contributed by atoms with Crippen molar-refractivity contribution in [3.05, 3.63) is 98.2 Å². The topological polar surface area (TPSA) is 55.2 Å². The third kappa shape index (κ3) is 4.07. The zero-order valence-electron chi connectivity index (χ0n) is 13.1. The van der Waals surface area contributed by atoms with Gasteiger partial charge in [-0.05, 0) is 29.0 Å². The monoisotopic (exact) mass is 338 g/mol. The van der Waals surface area contributed by atoms with E-state index in [9.17, 15) is 10.1 Å². The van der Waals surface area contributed by atoms with Crippen LogP contribution in [-0.2, 0) is 6.42 Å². The summed E-state index contributed by atoms with van der Waals surface area (Å²) in [5.41, 5.74) is 2.31. The molecule has 24 heavy (non-hydrogen) atoms. The predicted molar refractivity (Wildman–Crippen MR) is 97.4 cm³/mol. The summed E-state index contributed by atoms with van der Waals surface area (Å²) in [5, 5.41) is 16.6. The Kier molecular flexibility index (Phi) is 5.36. The zero-order valence-corrected chi connectivity index (χ0v) is 13.9. The van der Waals surface area contributed by atoms with Crippen molar-refractivity contribution < 1.29 is 4.92 Å². The van der Waals surface area contributed by atoms with Crippen LogP contribution in [0.5, 0.6) is 0 Å². The number of nitro benzene ring substituents is 1. The Hall–Kier alpha value is -2.50. The number of nitrogens with one attached hydrogen (secondary N) is 1. The average Bonchev–Trinajstić information content (AvgIpc) is 3.14. The highest BCUT2D eigenvalue weighted by Gasteiger charge is 2.17. The van der Waals surface area contributed by atoms with Crippen molar-refractivity contribution in [3.8, 4) is 0 Å². The molecule has 0 fully saturated rings. The lowest BCUT2D eigenvalue weighted by molar-refractivity contribution is -0.384. The number of hydrogen-bond acceptors (Lipinski definition) is 4. The summed E-state index contributed by atoms with van der Waals surface area (Å²) in [5.74, 6) is 0. The van der Waals surface area contributed by atoms with E-state index in [2.05, 4.69) is 23.5 Å². The van der Waals surface area contributed by atoms with E-state index in [1.807, 2.05) is 35.7 Å². The van der Waals surface area contributed by atoms with Crippen LogP contribution < -0.4 is 5.32 Å². The summed E-state index contributed by atoms with van der Waals surface area (Å²) in [7, 11) is 0. The third-order valence-electron chi connectivity index (χ3n) is 3.85. The van der Waals surface area contributed by atoms with Crippen LogP contribution >= 0.6 is 11.3 Å². The maximum atomic E-state index is 11.0. The van der Waals surface area contributed by atoms with Gasteiger partial charge in [0.05, 0.1) is 11.0 Å². The third-order valence-corrected chi connectivity index (χ3v) is 4.78.